The number of benzene rings is 1. The largest absolute Gasteiger partial charge is 0.338 e. The molecule has 0 bridgehead atoms. The first kappa shape index (κ1) is 13.3. The molecule has 1 heterocycles. The van der Waals surface area contributed by atoms with Crippen LogP contribution in [-0.4, -0.2) is 35.6 Å². The van der Waals surface area contributed by atoms with Crippen molar-refractivity contribution in [1.29, 1.82) is 0 Å². The Bertz CT molecular complexity index is 498. The predicted molar refractivity (Wildman–Crippen MR) is 70.9 cm³/mol. The van der Waals surface area contributed by atoms with E-state index in [1.807, 2.05) is 0 Å². The minimum atomic E-state index is -0.145. The topological polar surface area (TPSA) is 66.5 Å². The number of hydrogen-bond donors (Lipinski definition) is 1. The Morgan fingerprint density at radius 2 is 1.68 bits per heavy atom. The molecule has 0 aromatic heterocycles. The van der Waals surface area contributed by atoms with Gasteiger partial charge in [0.1, 0.15) is 5.78 Å². The van der Waals surface area contributed by atoms with Crippen LogP contribution in [0.4, 0.5) is 5.69 Å². The molecule has 0 radical (unpaired) electrons. The summed E-state index contributed by atoms with van der Waals surface area (Å²) in [6.45, 7) is 2.42. The average Bonchev–Trinajstić information content (AvgIpc) is 2.39. The molecule has 1 saturated heterocycles. The summed E-state index contributed by atoms with van der Waals surface area (Å²) < 4.78 is 0. The summed E-state index contributed by atoms with van der Waals surface area (Å²) >= 11 is 0. The molecule has 0 aliphatic carbocycles. The van der Waals surface area contributed by atoms with Crippen molar-refractivity contribution in [2.75, 3.05) is 18.4 Å². The number of hydrogen-bond acceptors (Lipinski definition) is 3. The summed E-state index contributed by atoms with van der Waals surface area (Å²) in [7, 11) is 0. The number of nitrogens with zero attached hydrogens (tertiary/aromatic N) is 1. The molecular formula is C14H16N2O3. The lowest BCUT2D eigenvalue weighted by atomic mass is 10.1. The van der Waals surface area contributed by atoms with Gasteiger partial charge in [-0.3, -0.25) is 14.4 Å². The highest BCUT2D eigenvalue weighted by atomic mass is 16.2. The Morgan fingerprint density at radius 3 is 2.21 bits per heavy atom. The van der Waals surface area contributed by atoms with Gasteiger partial charge in [-0.2, -0.15) is 0 Å². The third-order valence-corrected chi connectivity index (χ3v) is 3.06. The van der Waals surface area contributed by atoms with E-state index in [1.54, 1.807) is 29.2 Å². The summed E-state index contributed by atoms with van der Waals surface area (Å²) in [6.07, 6.45) is 0.880. The Hall–Kier alpha value is -2.17. The van der Waals surface area contributed by atoms with Gasteiger partial charge in [0.05, 0.1) is 0 Å². The molecule has 1 aliphatic heterocycles. The van der Waals surface area contributed by atoms with E-state index in [1.165, 1.54) is 6.92 Å². The van der Waals surface area contributed by atoms with Crippen LogP contribution in [0.1, 0.15) is 30.1 Å². The van der Waals surface area contributed by atoms with Gasteiger partial charge in [0.2, 0.25) is 5.91 Å². The summed E-state index contributed by atoms with van der Waals surface area (Å²) in [5, 5.41) is 2.65. The molecule has 0 saturated carbocycles. The molecule has 5 heteroatoms. The van der Waals surface area contributed by atoms with Crippen LogP contribution >= 0.6 is 0 Å². The van der Waals surface area contributed by atoms with E-state index in [4.69, 9.17) is 0 Å². The predicted octanol–water partition coefficient (Wildman–Crippen LogP) is 1.45. The molecular weight excluding hydrogens is 244 g/mol. The molecule has 2 rings (SSSR count). The third-order valence-electron chi connectivity index (χ3n) is 3.06. The molecule has 1 N–H and O–H groups in total. The maximum Gasteiger partial charge on any atom is 0.253 e. The zero-order valence-corrected chi connectivity index (χ0v) is 10.8. The molecule has 1 aromatic carbocycles. The first-order valence-corrected chi connectivity index (χ1v) is 6.25. The normalized spacial score (nSPS) is 15.2. The molecule has 2 amide bonds. The van der Waals surface area contributed by atoms with Crippen molar-refractivity contribution in [2.24, 2.45) is 0 Å². The second-order valence-corrected chi connectivity index (χ2v) is 4.59. The van der Waals surface area contributed by atoms with Gasteiger partial charge in [-0.15, -0.1) is 0 Å². The van der Waals surface area contributed by atoms with Crippen LogP contribution < -0.4 is 5.32 Å². The van der Waals surface area contributed by atoms with Crippen molar-refractivity contribution in [3.05, 3.63) is 29.8 Å². The van der Waals surface area contributed by atoms with Crippen molar-refractivity contribution in [3.63, 3.8) is 0 Å². The summed E-state index contributed by atoms with van der Waals surface area (Å²) in [4.78, 5) is 35.9. The van der Waals surface area contributed by atoms with Crippen LogP contribution in [0, 0.1) is 0 Å². The first-order valence-electron chi connectivity index (χ1n) is 6.25. The van der Waals surface area contributed by atoms with Crippen molar-refractivity contribution >= 4 is 23.3 Å². The molecule has 1 aliphatic rings. The van der Waals surface area contributed by atoms with Gasteiger partial charge in [-0.25, -0.2) is 0 Å². The highest BCUT2D eigenvalue weighted by Gasteiger charge is 2.21. The smallest absolute Gasteiger partial charge is 0.253 e. The maximum atomic E-state index is 12.2. The van der Waals surface area contributed by atoms with Gasteiger partial charge in [0.25, 0.3) is 5.91 Å². The minimum absolute atomic E-state index is 0.0677. The maximum absolute atomic E-state index is 12.2. The molecule has 0 atom stereocenters. The number of rotatable bonds is 2. The van der Waals surface area contributed by atoms with Crippen LogP contribution in [0.2, 0.25) is 0 Å². The minimum Gasteiger partial charge on any atom is -0.338 e. The fraction of sp³-hybridized carbons (Fsp3) is 0.357. The fourth-order valence-electron chi connectivity index (χ4n) is 2.04. The Kier molecular flexibility index (Phi) is 3.94. The molecule has 1 aromatic rings. The van der Waals surface area contributed by atoms with E-state index in [2.05, 4.69) is 5.32 Å². The first-order chi connectivity index (χ1) is 9.06. The summed E-state index contributed by atoms with van der Waals surface area (Å²) in [5.74, 6) is 0.000510. The Balaban J connectivity index is 2.03. The van der Waals surface area contributed by atoms with E-state index in [0.29, 0.717) is 37.2 Å². The van der Waals surface area contributed by atoms with E-state index >= 15 is 0 Å². The van der Waals surface area contributed by atoms with Crippen molar-refractivity contribution in [3.8, 4) is 0 Å². The number of piperidine rings is 1. The van der Waals surface area contributed by atoms with Gasteiger partial charge in [-0.1, -0.05) is 0 Å². The number of anilines is 1. The van der Waals surface area contributed by atoms with E-state index in [0.717, 1.165) is 0 Å². The summed E-state index contributed by atoms with van der Waals surface area (Å²) in [5.41, 5.74) is 1.24. The van der Waals surface area contributed by atoms with E-state index in [9.17, 15) is 14.4 Å². The highest BCUT2D eigenvalue weighted by molar-refractivity contribution is 5.96. The van der Waals surface area contributed by atoms with Gasteiger partial charge < -0.3 is 10.2 Å². The number of carbonyl (C=O) groups excluding carboxylic acids is 3. The standard InChI is InChI=1S/C14H16N2O3/c1-10(17)15-12-4-2-11(3-5-12)14(19)16-8-6-13(18)7-9-16/h2-5H,6-9H2,1H3,(H,15,17). The zero-order valence-electron chi connectivity index (χ0n) is 10.8. The average molecular weight is 260 g/mol. The Morgan fingerprint density at radius 1 is 1.11 bits per heavy atom. The van der Waals surface area contributed by atoms with Gasteiger partial charge in [0.15, 0.2) is 0 Å². The number of likely N-dealkylation sites (tertiary alicyclic amines) is 1. The lowest BCUT2D eigenvalue weighted by molar-refractivity contribution is -0.121. The molecule has 0 unspecified atom stereocenters. The third kappa shape index (κ3) is 3.40. The molecule has 5 nitrogen and oxygen atoms in total. The second-order valence-electron chi connectivity index (χ2n) is 4.59. The van der Waals surface area contributed by atoms with Crippen molar-refractivity contribution in [1.82, 2.24) is 4.90 Å². The number of carbonyl (C=O) groups is 3. The summed E-state index contributed by atoms with van der Waals surface area (Å²) in [6, 6.07) is 6.77. The van der Waals surface area contributed by atoms with Crippen LogP contribution in [0.15, 0.2) is 24.3 Å². The molecule has 100 valence electrons. The van der Waals surface area contributed by atoms with Crippen LogP contribution in [-0.2, 0) is 9.59 Å². The quantitative estimate of drug-likeness (QED) is 0.875. The lowest BCUT2D eigenvalue weighted by Crippen LogP contribution is -2.38. The van der Waals surface area contributed by atoms with Crippen LogP contribution in [0.5, 0.6) is 0 Å². The van der Waals surface area contributed by atoms with Crippen LogP contribution in [0.3, 0.4) is 0 Å². The van der Waals surface area contributed by atoms with Crippen molar-refractivity contribution < 1.29 is 14.4 Å². The number of amides is 2. The highest BCUT2D eigenvalue weighted by Crippen LogP contribution is 2.14. The SMILES string of the molecule is CC(=O)Nc1ccc(C(=O)N2CCC(=O)CC2)cc1. The number of nitrogens with one attached hydrogen (secondary N) is 1. The van der Waals surface area contributed by atoms with Gasteiger partial charge >= 0.3 is 0 Å². The van der Waals surface area contributed by atoms with Crippen LogP contribution in [0.25, 0.3) is 0 Å². The molecule has 1 fully saturated rings. The lowest BCUT2D eigenvalue weighted by Gasteiger charge is -2.26. The number of ketones is 1. The fourth-order valence-corrected chi connectivity index (χ4v) is 2.04. The monoisotopic (exact) mass is 260 g/mol. The second kappa shape index (κ2) is 5.65. The van der Waals surface area contributed by atoms with E-state index in [-0.39, 0.29) is 17.6 Å². The molecule has 0 spiro atoms. The van der Waals surface area contributed by atoms with Gasteiger partial charge in [-0.05, 0) is 24.3 Å². The zero-order chi connectivity index (χ0) is 13.8. The van der Waals surface area contributed by atoms with E-state index < -0.39 is 0 Å². The van der Waals surface area contributed by atoms with Crippen molar-refractivity contribution in [2.45, 2.75) is 19.8 Å². The van der Waals surface area contributed by atoms with Gasteiger partial charge in [0, 0.05) is 44.1 Å². The molecule has 19 heavy (non-hydrogen) atoms. The Labute approximate surface area is 111 Å². The number of Topliss-reactive ketones (excluding diaryl/α,β-unsaturated/α-hetero) is 1.